The lowest BCUT2D eigenvalue weighted by molar-refractivity contribution is -0.345. The Morgan fingerprint density at radius 3 is 2.44 bits per heavy atom. The van der Waals surface area contributed by atoms with E-state index in [-0.39, 0.29) is 35.8 Å². The third-order valence-corrected chi connectivity index (χ3v) is 14.8. The summed E-state index contributed by atoms with van der Waals surface area (Å²) in [5.74, 6) is -4.11. The van der Waals surface area contributed by atoms with Crippen LogP contribution in [0.2, 0.25) is 0 Å². The number of rotatable bonds is 15. The van der Waals surface area contributed by atoms with Gasteiger partial charge in [-0.15, -0.1) is 0 Å². The van der Waals surface area contributed by atoms with E-state index in [0.29, 0.717) is 72.3 Å². The van der Waals surface area contributed by atoms with Gasteiger partial charge in [-0.05, 0) is 97.1 Å². The predicted molar refractivity (Wildman–Crippen MR) is 262 cm³/mol. The maximum Gasteiger partial charge on any atom is 0.336 e. The number of nitrogens with two attached hydrogens (primary N) is 2. The first-order chi connectivity index (χ1) is 34.9. The van der Waals surface area contributed by atoms with E-state index in [1.807, 2.05) is 13.0 Å². The fraction of sp³-hybridized carbons (Fsp3) is 0.385. The molecule has 16 N–H and O–H groups in total. The van der Waals surface area contributed by atoms with E-state index in [4.69, 9.17) is 34.8 Å². The molecule has 0 radical (unpaired) electrons. The molecule has 2 aliphatic carbocycles. The number of hydrogen-bond donors (Lipinski definition) is 14. The molecule has 2 saturated heterocycles. The maximum absolute atomic E-state index is 14.1. The first-order valence-electron chi connectivity index (χ1n) is 24.1. The van der Waals surface area contributed by atoms with Crippen LogP contribution < -0.4 is 47.1 Å². The van der Waals surface area contributed by atoms with Crippen LogP contribution in [0.4, 0.5) is 5.82 Å². The quantitative estimate of drug-likeness (QED) is 0.0529. The SMILES string of the molecule is CCc1cc(O)cc([C@H](O)Oc2c(O[C@@H]3O[C@H](C(=O)O)[C@]4(O)[C@@H]([C@H]5CNCN5)C(C5(C6=CCNC(N)=C6)CCCC5)=C[C@@]3(O)[C@@H]4O)cc3oc(-c4ccc(OC[C@H](O)c5ccc(N)[nH]5)cc4)cc(=O)c3c2O)c1. The highest BCUT2D eigenvalue weighted by molar-refractivity contribution is 5.89. The number of aromatic amines is 1. The zero-order chi connectivity index (χ0) is 51.6. The highest BCUT2D eigenvalue weighted by atomic mass is 16.7. The zero-order valence-electron chi connectivity index (χ0n) is 39.6. The summed E-state index contributed by atoms with van der Waals surface area (Å²) >= 11 is 0. The zero-order valence-corrected chi connectivity index (χ0v) is 39.6. The molecule has 10 rings (SSSR count). The van der Waals surface area contributed by atoms with Crippen LogP contribution in [0.1, 0.15) is 61.8 Å². The van der Waals surface area contributed by atoms with Gasteiger partial charge in [0.25, 0.3) is 0 Å². The van der Waals surface area contributed by atoms with Crippen molar-refractivity contribution in [2.75, 3.05) is 32.1 Å². The summed E-state index contributed by atoms with van der Waals surface area (Å²) < 4.78 is 30.6. The molecule has 3 aromatic carbocycles. The number of phenols is 2. The molecule has 0 spiro atoms. The fourth-order valence-corrected chi connectivity index (χ4v) is 11.3. The van der Waals surface area contributed by atoms with Gasteiger partial charge in [-0.2, -0.15) is 0 Å². The molecule has 386 valence electrons. The Kier molecular flexibility index (Phi) is 12.9. The van der Waals surface area contributed by atoms with Crippen molar-refractivity contribution in [3.63, 3.8) is 0 Å². The predicted octanol–water partition coefficient (Wildman–Crippen LogP) is 2.50. The molecule has 2 bridgehead atoms. The van der Waals surface area contributed by atoms with Crippen molar-refractivity contribution in [3.8, 4) is 40.1 Å². The largest absolute Gasteiger partial charge is 0.508 e. The van der Waals surface area contributed by atoms with Crippen molar-refractivity contribution in [2.24, 2.45) is 17.1 Å². The van der Waals surface area contributed by atoms with Crippen LogP contribution in [0.5, 0.6) is 28.7 Å². The number of phenolic OH excluding ortho intramolecular Hbond substituents is 2. The van der Waals surface area contributed by atoms with Crippen LogP contribution in [0, 0.1) is 11.3 Å². The number of aliphatic carboxylic acids is 1. The number of nitrogen functional groups attached to an aromatic ring is 1. The lowest BCUT2D eigenvalue weighted by atomic mass is 9.53. The number of carboxylic acids is 1. The van der Waals surface area contributed by atoms with Gasteiger partial charge in [0, 0.05) is 66.1 Å². The Labute approximate surface area is 417 Å². The summed E-state index contributed by atoms with van der Waals surface area (Å²) in [7, 11) is 0. The van der Waals surface area contributed by atoms with Gasteiger partial charge in [-0.25, -0.2) is 4.79 Å². The lowest BCUT2D eigenvalue weighted by Gasteiger charge is -2.60. The van der Waals surface area contributed by atoms with E-state index in [1.165, 1.54) is 18.2 Å². The molecule has 0 unspecified atom stereocenters. The summed E-state index contributed by atoms with van der Waals surface area (Å²) in [4.78, 5) is 30.5. The van der Waals surface area contributed by atoms with Crippen molar-refractivity contribution in [3.05, 3.63) is 129 Å². The third kappa shape index (κ3) is 8.70. The highest BCUT2D eigenvalue weighted by Crippen LogP contribution is 2.61. The monoisotopic (exact) mass is 1010 g/mol. The van der Waals surface area contributed by atoms with Crippen molar-refractivity contribution in [1.82, 2.24) is 20.9 Å². The molecule has 2 aromatic heterocycles. The summed E-state index contributed by atoms with van der Waals surface area (Å²) in [6.45, 7) is 2.65. The van der Waals surface area contributed by atoms with E-state index in [2.05, 4.69) is 20.9 Å². The van der Waals surface area contributed by atoms with Gasteiger partial charge in [0.15, 0.2) is 28.6 Å². The Hall–Kier alpha value is -7.08. The Morgan fingerprint density at radius 1 is 1.00 bits per heavy atom. The summed E-state index contributed by atoms with van der Waals surface area (Å²) in [6, 6.07) is 15.4. The van der Waals surface area contributed by atoms with Crippen LogP contribution >= 0.6 is 0 Å². The molecule has 5 aliphatic rings. The van der Waals surface area contributed by atoms with Gasteiger partial charge in [0.05, 0.1) is 5.82 Å². The van der Waals surface area contributed by atoms with Crippen LogP contribution in [-0.4, -0.2) is 114 Å². The van der Waals surface area contributed by atoms with Gasteiger partial charge in [-0.3, -0.25) is 10.1 Å². The number of aliphatic hydroxyl groups is 5. The number of carboxylic acid groups (broad SMARTS) is 1. The minimum atomic E-state index is -2.75. The molecule has 21 nitrogen and oxygen atoms in total. The summed E-state index contributed by atoms with van der Waals surface area (Å²) in [5, 5.41) is 104. The number of carbonyl (C=O) groups is 1. The molecule has 0 amide bonds. The first kappa shape index (κ1) is 49.5. The lowest BCUT2D eigenvalue weighted by Crippen LogP contribution is -2.80. The molecule has 5 heterocycles. The number of ether oxygens (including phenoxy) is 4. The average molecular weight is 1010 g/mol. The summed E-state index contributed by atoms with van der Waals surface area (Å²) in [5.41, 5.74) is 7.29. The van der Waals surface area contributed by atoms with Gasteiger partial charge in [-0.1, -0.05) is 31.4 Å². The Bertz CT molecular complexity index is 3090. The van der Waals surface area contributed by atoms with Gasteiger partial charge in [0.2, 0.25) is 18.3 Å². The number of dihydropyridines is 1. The maximum atomic E-state index is 14.1. The second-order valence-electron chi connectivity index (χ2n) is 19.3. The van der Waals surface area contributed by atoms with Crippen LogP contribution in [0.3, 0.4) is 0 Å². The average Bonchev–Trinajstić information content (AvgIpc) is 4.18. The number of aryl methyl sites for hydroxylation is 1. The molecule has 73 heavy (non-hydrogen) atoms. The number of aromatic nitrogens is 1. The second kappa shape index (κ2) is 19.1. The van der Waals surface area contributed by atoms with Crippen molar-refractivity contribution in [1.29, 1.82) is 0 Å². The number of aromatic hydroxyl groups is 2. The molecule has 3 fully saturated rings. The number of anilines is 1. The molecule has 1 saturated carbocycles. The fourth-order valence-electron chi connectivity index (χ4n) is 11.3. The van der Waals surface area contributed by atoms with E-state index < -0.39 is 93.5 Å². The highest BCUT2D eigenvalue weighted by Gasteiger charge is 2.73. The topological polar surface area (TPSA) is 350 Å². The number of allylic oxidation sites excluding steroid dienone is 2. The van der Waals surface area contributed by atoms with Gasteiger partial charge >= 0.3 is 5.97 Å². The standard InChI is InChI=1S/C52H58N6O15/c1-2-25-15-27(17-29(59)16-25)47(65)72-44-38(20-37-41(43(44)62)34(60)19-36(70-37)26-5-7-30(8-6-26)69-23-35(61)32-9-10-39(53)58-32)71-49-51(67)21-31(50(12-3-4-13-50)28-11-14-56-40(54)18-28)42(33-22-55-24-57-33)52(68,48(51)66)45(73-49)46(63)64/h5-11,15-21,33,35,42,45,47-49,55-59,61-62,65-68H,2-4,12-14,22-24,53-54H2,1H3,(H,63,64)/t33-,35+,42-,45-,47-,48+,49-,51-,52-/m1/s1. The smallest absolute Gasteiger partial charge is 0.336 e. The Morgan fingerprint density at radius 2 is 1.77 bits per heavy atom. The minimum Gasteiger partial charge on any atom is -0.508 e. The normalized spacial score (nSPS) is 27.3. The van der Waals surface area contributed by atoms with Crippen molar-refractivity contribution in [2.45, 2.75) is 87.2 Å². The number of hydrogen-bond acceptors (Lipinski definition) is 19. The summed E-state index contributed by atoms with van der Waals surface area (Å²) in [6.07, 6.45) is -1.66. The molecule has 3 aliphatic heterocycles. The molecular weight excluding hydrogens is 949 g/mol. The molecule has 21 heteroatoms. The number of nitrogens with one attached hydrogen (secondary N) is 4. The number of fused-ring (bicyclic) bond motifs is 3. The molecule has 5 aromatic rings. The second-order valence-corrected chi connectivity index (χ2v) is 19.3. The van der Waals surface area contributed by atoms with Crippen LogP contribution in [-0.2, 0) is 16.0 Å². The molecule has 9 atom stereocenters. The third-order valence-electron chi connectivity index (χ3n) is 14.8. The van der Waals surface area contributed by atoms with Crippen LogP contribution in [0.15, 0.2) is 111 Å². The van der Waals surface area contributed by atoms with E-state index in [9.17, 15) is 50.4 Å². The number of aliphatic hydroxyl groups excluding tert-OH is 3. The van der Waals surface area contributed by atoms with Gasteiger partial charge in [0.1, 0.15) is 58.5 Å². The number of benzene rings is 3. The minimum absolute atomic E-state index is 0.000464. The van der Waals surface area contributed by atoms with E-state index in [0.717, 1.165) is 30.5 Å². The molecular formula is C52H58N6O15. The Balaban J connectivity index is 1.09. The van der Waals surface area contributed by atoms with E-state index >= 15 is 0 Å². The van der Waals surface area contributed by atoms with Gasteiger partial charge < -0.3 is 91.3 Å². The first-order valence-corrected chi connectivity index (χ1v) is 24.1. The van der Waals surface area contributed by atoms with Crippen LogP contribution in [0.25, 0.3) is 22.3 Å². The van der Waals surface area contributed by atoms with Crippen molar-refractivity contribution >= 4 is 22.8 Å². The number of H-pyrrole nitrogens is 1. The van der Waals surface area contributed by atoms with Crippen molar-refractivity contribution < 1.29 is 69.0 Å². The van der Waals surface area contributed by atoms with E-state index in [1.54, 1.807) is 48.5 Å².